The largest absolute Gasteiger partial charge is 0.365 e. The van der Waals surface area contributed by atoms with E-state index in [9.17, 15) is 18.0 Å². The van der Waals surface area contributed by atoms with Crippen LogP contribution in [0.4, 0.5) is 5.00 Å². The lowest BCUT2D eigenvalue weighted by Gasteiger charge is -2.27. The van der Waals surface area contributed by atoms with Crippen LogP contribution in [0.15, 0.2) is 59.5 Å². The van der Waals surface area contributed by atoms with E-state index in [-0.39, 0.29) is 17.3 Å². The first-order valence-electron chi connectivity index (χ1n) is 12.4. The maximum absolute atomic E-state index is 13.0. The molecule has 2 amide bonds. The van der Waals surface area contributed by atoms with Crippen molar-refractivity contribution in [1.29, 1.82) is 0 Å². The fourth-order valence-electron chi connectivity index (χ4n) is 4.99. The number of hydrogen-bond acceptors (Lipinski definition) is 6. The molecule has 0 spiro atoms. The van der Waals surface area contributed by atoms with Crippen molar-refractivity contribution < 1.29 is 18.0 Å². The van der Waals surface area contributed by atoms with Crippen LogP contribution in [-0.4, -0.2) is 49.1 Å². The van der Waals surface area contributed by atoms with Gasteiger partial charge in [-0.25, -0.2) is 8.42 Å². The first-order valence-corrected chi connectivity index (χ1v) is 14.7. The van der Waals surface area contributed by atoms with Crippen LogP contribution in [0.25, 0.3) is 0 Å². The molecular formula is C27H31ClN4O4S2. The van der Waals surface area contributed by atoms with E-state index in [4.69, 9.17) is 5.73 Å². The van der Waals surface area contributed by atoms with E-state index in [1.165, 1.54) is 45.5 Å². The Morgan fingerprint density at radius 1 is 0.947 bits per heavy atom. The summed E-state index contributed by atoms with van der Waals surface area (Å²) < 4.78 is 27.3. The summed E-state index contributed by atoms with van der Waals surface area (Å²) in [7, 11) is -3.57. The molecule has 0 radical (unpaired) electrons. The summed E-state index contributed by atoms with van der Waals surface area (Å²) in [6.45, 7) is 3.31. The van der Waals surface area contributed by atoms with Crippen molar-refractivity contribution in [3.63, 3.8) is 0 Å². The van der Waals surface area contributed by atoms with E-state index in [0.717, 1.165) is 42.8 Å². The lowest BCUT2D eigenvalue weighted by atomic mass is 10.0. The van der Waals surface area contributed by atoms with E-state index in [1.807, 2.05) is 18.2 Å². The van der Waals surface area contributed by atoms with Gasteiger partial charge in [0.25, 0.3) is 11.8 Å². The Hall–Kier alpha value is -2.76. The highest BCUT2D eigenvalue weighted by Gasteiger charge is 2.29. The topological polar surface area (TPSA) is 113 Å². The van der Waals surface area contributed by atoms with Gasteiger partial charge in [-0.15, -0.1) is 23.7 Å². The van der Waals surface area contributed by atoms with Gasteiger partial charge in [0.05, 0.1) is 10.5 Å². The summed E-state index contributed by atoms with van der Waals surface area (Å²) in [4.78, 5) is 28.9. The summed E-state index contributed by atoms with van der Waals surface area (Å²) in [6.07, 6.45) is 3.43. The Bertz CT molecular complexity index is 1400. The maximum atomic E-state index is 13.0. The van der Waals surface area contributed by atoms with Gasteiger partial charge in [-0.05, 0) is 54.7 Å². The first kappa shape index (κ1) is 28.3. The number of sulfonamides is 1. The van der Waals surface area contributed by atoms with Crippen molar-refractivity contribution in [2.45, 2.75) is 43.7 Å². The fraction of sp³-hybridized carbons (Fsp3) is 0.333. The molecular weight excluding hydrogens is 544 g/mol. The number of nitrogens with zero attached hydrogens (tertiary/aromatic N) is 2. The molecule has 2 aliphatic rings. The van der Waals surface area contributed by atoms with Crippen LogP contribution in [0, 0.1) is 0 Å². The van der Waals surface area contributed by atoms with E-state index in [1.54, 1.807) is 0 Å². The van der Waals surface area contributed by atoms with Crippen molar-refractivity contribution in [1.82, 2.24) is 9.21 Å². The van der Waals surface area contributed by atoms with Gasteiger partial charge in [0.15, 0.2) is 0 Å². The van der Waals surface area contributed by atoms with Crippen molar-refractivity contribution in [2.75, 3.05) is 25.0 Å². The zero-order valence-corrected chi connectivity index (χ0v) is 23.3. The second-order valence-electron chi connectivity index (χ2n) is 9.46. The van der Waals surface area contributed by atoms with Gasteiger partial charge in [0.2, 0.25) is 10.0 Å². The zero-order chi connectivity index (χ0) is 26.0. The Morgan fingerprint density at radius 2 is 1.63 bits per heavy atom. The number of rotatable bonds is 7. The molecule has 11 heteroatoms. The van der Waals surface area contributed by atoms with E-state index in [2.05, 4.69) is 22.3 Å². The Balaban J connectivity index is 0.00000336. The van der Waals surface area contributed by atoms with Gasteiger partial charge in [0.1, 0.15) is 5.00 Å². The van der Waals surface area contributed by atoms with Crippen LogP contribution >= 0.6 is 23.7 Å². The summed E-state index contributed by atoms with van der Waals surface area (Å²) in [6, 6.07) is 16.2. The highest BCUT2D eigenvalue weighted by atomic mass is 35.5. The minimum Gasteiger partial charge on any atom is -0.365 e. The van der Waals surface area contributed by atoms with Crippen LogP contribution in [0.5, 0.6) is 0 Å². The number of hydrogen-bond donors (Lipinski definition) is 2. The molecule has 0 aliphatic carbocycles. The molecule has 1 saturated heterocycles. The first-order chi connectivity index (χ1) is 17.8. The van der Waals surface area contributed by atoms with Crippen molar-refractivity contribution in [3.8, 4) is 0 Å². The molecule has 1 aromatic heterocycles. The predicted molar refractivity (Wildman–Crippen MR) is 151 cm³/mol. The Morgan fingerprint density at radius 3 is 2.29 bits per heavy atom. The molecule has 38 heavy (non-hydrogen) atoms. The second kappa shape index (κ2) is 12.0. The number of carbonyl (C=O) groups excluding carboxylic acids is 2. The van der Waals surface area contributed by atoms with Crippen molar-refractivity contribution in [2.24, 2.45) is 5.73 Å². The van der Waals surface area contributed by atoms with Crippen LogP contribution in [0.2, 0.25) is 0 Å². The van der Waals surface area contributed by atoms with Crippen LogP contribution in [0.3, 0.4) is 0 Å². The van der Waals surface area contributed by atoms with Crippen molar-refractivity contribution >= 4 is 50.6 Å². The van der Waals surface area contributed by atoms with Gasteiger partial charge in [-0.2, -0.15) is 4.31 Å². The zero-order valence-electron chi connectivity index (χ0n) is 20.9. The third-order valence-electron chi connectivity index (χ3n) is 6.93. The Kier molecular flexibility index (Phi) is 8.89. The lowest BCUT2D eigenvalue weighted by molar-refractivity contribution is 0.0999. The SMILES string of the molecule is Cl.NC(=O)c1c(NC(=O)c2ccc(S(=O)(=O)N3CCCCC3)cc2)sc2c1CCN(Cc1ccccc1)C2. The molecule has 2 aliphatic heterocycles. The van der Waals surface area contributed by atoms with E-state index < -0.39 is 21.8 Å². The molecule has 202 valence electrons. The van der Waals surface area contributed by atoms with Gasteiger partial charge in [-0.1, -0.05) is 36.8 Å². The number of benzene rings is 2. The summed E-state index contributed by atoms with van der Waals surface area (Å²) in [5.41, 5.74) is 8.53. The van der Waals surface area contributed by atoms with Gasteiger partial charge in [0, 0.05) is 43.2 Å². The summed E-state index contributed by atoms with van der Waals surface area (Å²) in [5.74, 6) is -0.976. The molecule has 0 saturated carbocycles. The minimum absolute atomic E-state index is 0. The predicted octanol–water partition coefficient (Wildman–Crippen LogP) is 4.25. The molecule has 3 heterocycles. The molecule has 0 bridgehead atoms. The summed E-state index contributed by atoms with van der Waals surface area (Å²) in [5, 5.41) is 3.29. The van der Waals surface area contributed by atoms with E-state index in [0.29, 0.717) is 42.2 Å². The van der Waals surface area contributed by atoms with Gasteiger partial charge in [-0.3, -0.25) is 14.5 Å². The highest BCUT2D eigenvalue weighted by molar-refractivity contribution is 7.89. The standard InChI is InChI=1S/C27H30N4O4S2.ClH/c28-25(32)24-22-13-16-30(17-19-7-3-1-4-8-19)18-23(22)36-27(24)29-26(33)20-9-11-21(12-10-20)37(34,35)31-14-5-2-6-15-31;/h1,3-4,7-12H,2,5-6,13-18H2,(H2,28,32)(H,29,33);1H. The average molecular weight is 575 g/mol. The summed E-state index contributed by atoms with van der Waals surface area (Å²) >= 11 is 1.38. The minimum atomic E-state index is -3.57. The number of primary amides is 1. The number of fused-ring (bicyclic) bond motifs is 1. The molecule has 0 atom stereocenters. The number of carbonyl (C=O) groups is 2. The smallest absolute Gasteiger partial charge is 0.256 e. The quantitative estimate of drug-likeness (QED) is 0.438. The number of nitrogens with two attached hydrogens (primary N) is 1. The number of amides is 2. The van der Waals surface area contributed by atoms with Crippen LogP contribution < -0.4 is 11.1 Å². The van der Waals surface area contributed by atoms with E-state index >= 15 is 0 Å². The normalized spacial score (nSPS) is 16.3. The Labute approximate surface area is 233 Å². The fourth-order valence-corrected chi connectivity index (χ4v) is 7.80. The molecule has 2 aromatic carbocycles. The third-order valence-corrected chi connectivity index (χ3v) is 9.97. The molecule has 1 fully saturated rings. The molecule has 0 unspecified atom stereocenters. The molecule has 3 aromatic rings. The highest BCUT2D eigenvalue weighted by Crippen LogP contribution is 2.37. The molecule has 8 nitrogen and oxygen atoms in total. The van der Waals surface area contributed by atoms with Gasteiger partial charge >= 0.3 is 0 Å². The van der Waals surface area contributed by atoms with Gasteiger partial charge < -0.3 is 11.1 Å². The average Bonchev–Trinajstić information content (AvgIpc) is 3.27. The number of nitrogens with one attached hydrogen (secondary N) is 1. The van der Waals surface area contributed by atoms with Crippen LogP contribution in [-0.2, 0) is 29.5 Å². The maximum Gasteiger partial charge on any atom is 0.256 e. The number of halogens is 1. The third kappa shape index (κ3) is 5.94. The number of piperidine rings is 1. The molecule has 3 N–H and O–H groups in total. The lowest BCUT2D eigenvalue weighted by Crippen LogP contribution is -2.35. The number of anilines is 1. The monoisotopic (exact) mass is 574 g/mol. The van der Waals surface area contributed by atoms with Crippen molar-refractivity contribution in [3.05, 3.63) is 81.7 Å². The van der Waals surface area contributed by atoms with Crippen LogP contribution in [0.1, 0.15) is 56.0 Å². The number of thiophene rings is 1. The second-order valence-corrected chi connectivity index (χ2v) is 12.5. The molecule has 5 rings (SSSR count).